The molecule has 0 radical (unpaired) electrons. The Kier molecular flexibility index (Phi) is 5.75. The number of carbonyl (C=O) groups is 2. The van der Waals surface area contributed by atoms with Gasteiger partial charge in [-0.1, -0.05) is 0 Å². The third kappa shape index (κ3) is 4.07. The third-order valence-electron chi connectivity index (χ3n) is 3.16. The van der Waals surface area contributed by atoms with Crippen LogP contribution in [-0.4, -0.2) is 56.1 Å². The molecule has 1 rings (SSSR count). The van der Waals surface area contributed by atoms with Crippen molar-refractivity contribution in [2.45, 2.75) is 27.2 Å². The fourth-order valence-electron chi connectivity index (χ4n) is 1.78. The highest BCUT2D eigenvalue weighted by atomic mass is 16.5. The summed E-state index contributed by atoms with van der Waals surface area (Å²) in [4.78, 5) is 25.9. The lowest BCUT2D eigenvalue weighted by Gasteiger charge is -2.25. The van der Waals surface area contributed by atoms with Gasteiger partial charge in [-0.15, -0.1) is 0 Å². The van der Waals surface area contributed by atoms with E-state index in [9.17, 15) is 9.59 Å². The van der Waals surface area contributed by atoms with E-state index in [1.807, 2.05) is 4.90 Å². The van der Waals surface area contributed by atoms with Gasteiger partial charge < -0.3 is 9.47 Å². The molecule has 0 bridgehead atoms. The molecule has 0 aromatic rings. The van der Waals surface area contributed by atoms with Crippen LogP contribution in [0.25, 0.3) is 0 Å². The second-order valence-electron chi connectivity index (χ2n) is 5.01. The highest BCUT2D eigenvalue weighted by Gasteiger charge is 2.37. The van der Waals surface area contributed by atoms with Crippen LogP contribution in [0.2, 0.25) is 0 Å². The minimum atomic E-state index is -1.07. The predicted molar refractivity (Wildman–Crippen MR) is 67.3 cm³/mol. The molecule has 0 spiro atoms. The molecular weight excluding hydrogens is 234 g/mol. The van der Waals surface area contributed by atoms with Crippen molar-refractivity contribution in [2.24, 2.45) is 5.41 Å². The summed E-state index contributed by atoms with van der Waals surface area (Å²) in [5.41, 5.74) is -1.07. The van der Waals surface area contributed by atoms with Gasteiger partial charge in [0.2, 0.25) is 0 Å². The molecule has 0 aliphatic carbocycles. The van der Waals surface area contributed by atoms with Gasteiger partial charge in [-0.3, -0.25) is 14.5 Å². The summed E-state index contributed by atoms with van der Waals surface area (Å²) < 4.78 is 10.3. The van der Waals surface area contributed by atoms with Crippen molar-refractivity contribution in [3.8, 4) is 0 Å². The lowest BCUT2D eigenvalue weighted by Crippen LogP contribution is -2.43. The van der Waals surface area contributed by atoms with Crippen molar-refractivity contribution in [1.82, 2.24) is 4.90 Å². The van der Waals surface area contributed by atoms with Gasteiger partial charge in [0.05, 0.1) is 19.8 Å². The van der Waals surface area contributed by atoms with E-state index in [4.69, 9.17) is 9.47 Å². The molecule has 0 atom stereocenters. The standard InChI is InChI=1S/C13H23NO4/c1-4-18-12(16)13(2,3)11(15)10-14-6-5-8-17-9-7-14/h4-10H2,1-3H3. The molecule has 0 aromatic carbocycles. The molecule has 1 aliphatic rings. The number of ether oxygens (including phenoxy) is 2. The van der Waals surface area contributed by atoms with E-state index < -0.39 is 11.4 Å². The number of rotatable bonds is 5. The minimum Gasteiger partial charge on any atom is -0.465 e. The molecule has 1 fully saturated rings. The van der Waals surface area contributed by atoms with Gasteiger partial charge in [0, 0.05) is 19.7 Å². The maximum absolute atomic E-state index is 12.2. The second kappa shape index (κ2) is 6.85. The zero-order valence-electron chi connectivity index (χ0n) is 11.5. The van der Waals surface area contributed by atoms with Crippen molar-refractivity contribution < 1.29 is 19.1 Å². The smallest absolute Gasteiger partial charge is 0.319 e. The van der Waals surface area contributed by atoms with Crippen molar-refractivity contribution in [3.63, 3.8) is 0 Å². The third-order valence-corrected chi connectivity index (χ3v) is 3.16. The maximum Gasteiger partial charge on any atom is 0.319 e. The zero-order valence-corrected chi connectivity index (χ0v) is 11.5. The molecule has 0 aromatic heterocycles. The average Bonchev–Trinajstić information content (AvgIpc) is 2.57. The normalized spacial score (nSPS) is 18.2. The van der Waals surface area contributed by atoms with Crippen molar-refractivity contribution in [3.05, 3.63) is 0 Å². The summed E-state index contributed by atoms with van der Waals surface area (Å²) in [5.74, 6) is -0.538. The number of ketones is 1. The summed E-state index contributed by atoms with van der Waals surface area (Å²) in [7, 11) is 0. The minimum absolute atomic E-state index is 0.0946. The molecule has 5 heteroatoms. The summed E-state index contributed by atoms with van der Waals surface area (Å²) in [6.07, 6.45) is 0.924. The molecule has 1 aliphatic heterocycles. The topological polar surface area (TPSA) is 55.8 Å². The first kappa shape index (κ1) is 15.1. The van der Waals surface area contributed by atoms with Crippen LogP contribution >= 0.6 is 0 Å². The largest absolute Gasteiger partial charge is 0.465 e. The number of hydrogen-bond acceptors (Lipinski definition) is 5. The van der Waals surface area contributed by atoms with Crippen LogP contribution in [0.4, 0.5) is 0 Å². The molecule has 1 heterocycles. The average molecular weight is 257 g/mol. The van der Waals surface area contributed by atoms with Gasteiger partial charge in [0.25, 0.3) is 0 Å². The molecule has 1 saturated heterocycles. The fourth-order valence-corrected chi connectivity index (χ4v) is 1.78. The summed E-state index contributed by atoms with van der Waals surface area (Å²) in [6.45, 7) is 8.55. The first-order valence-electron chi connectivity index (χ1n) is 6.49. The van der Waals surface area contributed by atoms with Crippen LogP contribution in [0.3, 0.4) is 0 Å². The van der Waals surface area contributed by atoms with E-state index in [1.54, 1.807) is 20.8 Å². The van der Waals surface area contributed by atoms with Gasteiger partial charge in [0.15, 0.2) is 5.78 Å². The van der Waals surface area contributed by atoms with Crippen molar-refractivity contribution in [2.75, 3.05) is 39.5 Å². The first-order valence-corrected chi connectivity index (χ1v) is 6.49. The lowest BCUT2D eigenvalue weighted by atomic mass is 9.88. The Morgan fingerprint density at radius 1 is 1.28 bits per heavy atom. The van der Waals surface area contributed by atoms with Crippen LogP contribution in [0, 0.1) is 5.41 Å². The van der Waals surface area contributed by atoms with Crippen LogP contribution in [0.1, 0.15) is 27.2 Å². The van der Waals surface area contributed by atoms with Gasteiger partial charge in [-0.2, -0.15) is 0 Å². The summed E-state index contributed by atoms with van der Waals surface area (Å²) in [5, 5.41) is 0. The van der Waals surface area contributed by atoms with E-state index in [1.165, 1.54) is 0 Å². The Bertz CT molecular complexity index is 293. The Morgan fingerprint density at radius 3 is 2.67 bits per heavy atom. The fraction of sp³-hybridized carbons (Fsp3) is 0.846. The number of carbonyl (C=O) groups excluding carboxylic acids is 2. The number of Topliss-reactive ketones (excluding diaryl/α,β-unsaturated/α-hetero) is 1. The molecule has 0 unspecified atom stereocenters. The summed E-state index contributed by atoms with van der Waals surface area (Å²) >= 11 is 0. The molecular formula is C13H23NO4. The molecule has 0 saturated carbocycles. The van der Waals surface area contributed by atoms with Crippen LogP contribution in [0.15, 0.2) is 0 Å². The van der Waals surface area contributed by atoms with Crippen LogP contribution in [0.5, 0.6) is 0 Å². The zero-order chi connectivity index (χ0) is 13.6. The highest BCUT2D eigenvalue weighted by molar-refractivity contribution is 6.03. The van der Waals surface area contributed by atoms with Gasteiger partial charge in [0.1, 0.15) is 5.41 Å². The Morgan fingerprint density at radius 2 is 2.00 bits per heavy atom. The van der Waals surface area contributed by atoms with E-state index in [-0.39, 0.29) is 12.3 Å². The molecule has 104 valence electrons. The predicted octanol–water partition coefficient (Wildman–Crippen LogP) is 0.867. The number of esters is 1. The number of nitrogens with zero attached hydrogens (tertiary/aromatic N) is 1. The molecule has 0 amide bonds. The number of hydrogen-bond donors (Lipinski definition) is 0. The Hall–Kier alpha value is -0.940. The van der Waals surface area contributed by atoms with E-state index >= 15 is 0 Å². The maximum atomic E-state index is 12.2. The Labute approximate surface area is 108 Å². The highest BCUT2D eigenvalue weighted by Crippen LogP contribution is 2.19. The summed E-state index contributed by atoms with van der Waals surface area (Å²) in [6, 6.07) is 0. The monoisotopic (exact) mass is 257 g/mol. The van der Waals surface area contributed by atoms with E-state index in [0.717, 1.165) is 26.1 Å². The second-order valence-corrected chi connectivity index (χ2v) is 5.01. The van der Waals surface area contributed by atoms with Crippen molar-refractivity contribution in [1.29, 1.82) is 0 Å². The molecule has 18 heavy (non-hydrogen) atoms. The van der Waals surface area contributed by atoms with Gasteiger partial charge in [-0.05, 0) is 27.2 Å². The SMILES string of the molecule is CCOC(=O)C(C)(C)C(=O)CN1CCCOCC1. The van der Waals surface area contributed by atoms with Crippen molar-refractivity contribution >= 4 is 11.8 Å². The van der Waals surface area contributed by atoms with Crippen LogP contribution in [-0.2, 0) is 19.1 Å². The van der Waals surface area contributed by atoms with E-state index in [2.05, 4.69) is 0 Å². The van der Waals surface area contributed by atoms with Crippen LogP contribution < -0.4 is 0 Å². The molecule has 0 N–H and O–H groups in total. The molecule has 5 nitrogen and oxygen atoms in total. The van der Waals surface area contributed by atoms with Gasteiger partial charge in [-0.25, -0.2) is 0 Å². The Balaban J connectivity index is 2.54. The van der Waals surface area contributed by atoms with Gasteiger partial charge >= 0.3 is 5.97 Å². The quantitative estimate of drug-likeness (QED) is 0.540. The first-order chi connectivity index (χ1) is 8.48. The van der Waals surface area contributed by atoms with E-state index in [0.29, 0.717) is 13.2 Å². The lowest BCUT2D eigenvalue weighted by molar-refractivity contribution is -0.158.